The maximum absolute atomic E-state index is 12.5. The highest BCUT2D eigenvalue weighted by molar-refractivity contribution is 5.92. The molecule has 0 radical (unpaired) electrons. The monoisotopic (exact) mass is 384 g/mol. The zero-order chi connectivity index (χ0) is 20.1. The number of hydrogen-bond acceptors (Lipinski definition) is 5. The Hall–Kier alpha value is -2.80. The summed E-state index contributed by atoms with van der Waals surface area (Å²) in [6.45, 7) is 5.83. The van der Waals surface area contributed by atoms with Crippen molar-refractivity contribution >= 4 is 12.0 Å². The molecule has 0 atom stereocenters. The molecule has 0 N–H and O–H groups in total. The lowest BCUT2D eigenvalue weighted by Gasteiger charge is -2.34. The molecule has 1 amide bonds. The predicted octanol–water partition coefficient (Wildman–Crippen LogP) is 2.10. The highest BCUT2D eigenvalue weighted by Crippen LogP contribution is 2.25. The van der Waals surface area contributed by atoms with Gasteiger partial charge < -0.3 is 14.4 Å². The molecule has 1 aromatic carbocycles. The van der Waals surface area contributed by atoms with Crippen molar-refractivity contribution < 1.29 is 14.3 Å². The van der Waals surface area contributed by atoms with Crippen molar-refractivity contribution in [1.82, 2.24) is 19.6 Å². The average Bonchev–Trinajstić information content (AvgIpc) is 3.04. The van der Waals surface area contributed by atoms with Crippen LogP contribution < -0.4 is 9.47 Å². The molecule has 1 aliphatic rings. The molecule has 0 unspecified atom stereocenters. The number of rotatable bonds is 6. The van der Waals surface area contributed by atoms with E-state index >= 15 is 0 Å². The molecule has 2 aromatic rings. The number of aromatic nitrogens is 2. The van der Waals surface area contributed by atoms with E-state index in [1.807, 2.05) is 43.1 Å². The second-order valence-corrected chi connectivity index (χ2v) is 6.92. The first-order valence-electron chi connectivity index (χ1n) is 9.40. The normalized spacial score (nSPS) is 15.2. The van der Waals surface area contributed by atoms with Crippen molar-refractivity contribution in [2.24, 2.45) is 7.05 Å². The van der Waals surface area contributed by atoms with Crippen LogP contribution in [-0.4, -0.2) is 65.9 Å². The van der Waals surface area contributed by atoms with Gasteiger partial charge in [0.2, 0.25) is 5.91 Å². The summed E-state index contributed by atoms with van der Waals surface area (Å²) in [5.74, 6) is 1.72. The largest absolute Gasteiger partial charge is 0.497 e. The lowest BCUT2D eigenvalue weighted by Crippen LogP contribution is -2.47. The molecule has 7 heteroatoms. The third kappa shape index (κ3) is 4.54. The third-order valence-electron chi connectivity index (χ3n) is 5.24. The fourth-order valence-corrected chi connectivity index (χ4v) is 3.32. The topological polar surface area (TPSA) is 59.8 Å². The SMILES string of the molecule is COc1ccc(OC)c(CN2CCN(C(=O)/C=C/c3cnn(C)c3C)CC2)c1. The van der Waals surface area contributed by atoms with Gasteiger partial charge >= 0.3 is 0 Å². The van der Waals surface area contributed by atoms with Gasteiger partial charge in [0.25, 0.3) is 0 Å². The summed E-state index contributed by atoms with van der Waals surface area (Å²) in [5, 5.41) is 4.20. The molecule has 1 fully saturated rings. The number of piperazine rings is 1. The van der Waals surface area contributed by atoms with Gasteiger partial charge in [0.15, 0.2) is 0 Å². The quantitative estimate of drug-likeness (QED) is 0.714. The summed E-state index contributed by atoms with van der Waals surface area (Å²) in [6, 6.07) is 5.84. The number of carbonyl (C=O) groups excluding carboxylic acids is 1. The van der Waals surface area contributed by atoms with E-state index in [-0.39, 0.29) is 5.91 Å². The molecule has 28 heavy (non-hydrogen) atoms. The summed E-state index contributed by atoms with van der Waals surface area (Å²) in [7, 11) is 5.24. The Balaban J connectivity index is 1.56. The van der Waals surface area contributed by atoms with Gasteiger partial charge in [0, 0.05) is 62.7 Å². The molecule has 0 aliphatic carbocycles. The van der Waals surface area contributed by atoms with Crippen molar-refractivity contribution in [3.8, 4) is 11.5 Å². The van der Waals surface area contributed by atoms with Crippen LogP contribution in [0.1, 0.15) is 16.8 Å². The number of methoxy groups -OCH3 is 2. The molecule has 2 heterocycles. The van der Waals surface area contributed by atoms with Crippen molar-refractivity contribution in [3.05, 3.63) is 47.3 Å². The molecule has 1 aliphatic heterocycles. The number of benzene rings is 1. The number of hydrogen-bond donors (Lipinski definition) is 0. The van der Waals surface area contributed by atoms with Crippen molar-refractivity contribution in [2.75, 3.05) is 40.4 Å². The molecule has 1 aromatic heterocycles. The average molecular weight is 384 g/mol. The zero-order valence-electron chi connectivity index (χ0n) is 17.0. The summed E-state index contributed by atoms with van der Waals surface area (Å²) >= 11 is 0. The van der Waals surface area contributed by atoms with E-state index in [1.165, 1.54) is 0 Å². The van der Waals surface area contributed by atoms with Crippen LogP contribution in [-0.2, 0) is 18.4 Å². The van der Waals surface area contributed by atoms with E-state index in [0.29, 0.717) is 13.1 Å². The number of ether oxygens (including phenoxy) is 2. The van der Waals surface area contributed by atoms with Crippen LogP contribution in [0.25, 0.3) is 6.08 Å². The lowest BCUT2D eigenvalue weighted by molar-refractivity contribution is -0.127. The molecule has 3 rings (SSSR count). The van der Waals surface area contributed by atoms with Gasteiger partial charge in [-0.15, -0.1) is 0 Å². The number of carbonyl (C=O) groups is 1. The van der Waals surface area contributed by atoms with Crippen LogP contribution in [0.3, 0.4) is 0 Å². The van der Waals surface area contributed by atoms with Gasteiger partial charge in [-0.25, -0.2) is 0 Å². The number of amides is 1. The Morgan fingerprint density at radius 3 is 2.54 bits per heavy atom. The van der Waals surface area contributed by atoms with Crippen LogP contribution in [0.2, 0.25) is 0 Å². The first-order chi connectivity index (χ1) is 13.5. The van der Waals surface area contributed by atoms with Crippen LogP contribution >= 0.6 is 0 Å². The minimum Gasteiger partial charge on any atom is -0.497 e. The van der Waals surface area contributed by atoms with Gasteiger partial charge in [0.05, 0.1) is 20.4 Å². The first-order valence-corrected chi connectivity index (χ1v) is 9.40. The van der Waals surface area contributed by atoms with Gasteiger partial charge in [-0.05, 0) is 31.2 Å². The minimum absolute atomic E-state index is 0.0434. The molecular weight excluding hydrogens is 356 g/mol. The maximum atomic E-state index is 12.5. The smallest absolute Gasteiger partial charge is 0.246 e. The lowest BCUT2D eigenvalue weighted by atomic mass is 10.1. The van der Waals surface area contributed by atoms with E-state index < -0.39 is 0 Å². The highest BCUT2D eigenvalue weighted by atomic mass is 16.5. The fraction of sp³-hybridized carbons (Fsp3) is 0.429. The van der Waals surface area contributed by atoms with Gasteiger partial charge in [0.1, 0.15) is 11.5 Å². The number of nitrogens with zero attached hydrogens (tertiary/aromatic N) is 4. The second kappa shape index (κ2) is 8.93. The molecular formula is C21H28N4O3. The molecule has 0 saturated carbocycles. The Morgan fingerprint density at radius 2 is 1.93 bits per heavy atom. The summed E-state index contributed by atoms with van der Waals surface area (Å²) in [6.07, 6.45) is 5.27. The fourth-order valence-electron chi connectivity index (χ4n) is 3.32. The Labute approximate surface area is 166 Å². The van der Waals surface area contributed by atoms with E-state index in [4.69, 9.17) is 9.47 Å². The van der Waals surface area contributed by atoms with E-state index in [2.05, 4.69) is 10.00 Å². The maximum Gasteiger partial charge on any atom is 0.246 e. The third-order valence-corrected chi connectivity index (χ3v) is 5.24. The van der Waals surface area contributed by atoms with Crippen molar-refractivity contribution in [2.45, 2.75) is 13.5 Å². The molecule has 0 bridgehead atoms. The Kier molecular flexibility index (Phi) is 6.36. The Morgan fingerprint density at radius 1 is 1.18 bits per heavy atom. The van der Waals surface area contributed by atoms with Crippen molar-refractivity contribution in [3.63, 3.8) is 0 Å². The highest BCUT2D eigenvalue weighted by Gasteiger charge is 2.21. The van der Waals surface area contributed by atoms with Gasteiger partial charge in [-0.1, -0.05) is 0 Å². The van der Waals surface area contributed by atoms with Crippen LogP contribution in [0.15, 0.2) is 30.5 Å². The second-order valence-electron chi connectivity index (χ2n) is 6.92. The number of aryl methyl sites for hydroxylation is 1. The van der Waals surface area contributed by atoms with Crippen LogP contribution in [0, 0.1) is 6.92 Å². The molecule has 150 valence electrons. The van der Waals surface area contributed by atoms with Gasteiger partial charge in [-0.3, -0.25) is 14.4 Å². The molecule has 0 spiro atoms. The van der Waals surface area contributed by atoms with E-state index in [1.54, 1.807) is 31.2 Å². The summed E-state index contributed by atoms with van der Waals surface area (Å²) in [5.41, 5.74) is 3.11. The summed E-state index contributed by atoms with van der Waals surface area (Å²) < 4.78 is 12.6. The van der Waals surface area contributed by atoms with E-state index in [0.717, 1.165) is 48.0 Å². The minimum atomic E-state index is 0.0434. The Bertz CT molecular complexity index is 851. The zero-order valence-corrected chi connectivity index (χ0v) is 17.0. The van der Waals surface area contributed by atoms with Crippen molar-refractivity contribution in [1.29, 1.82) is 0 Å². The first kappa shape index (κ1) is 19.9. The van der Waals surface area contributed by atoms with Crippen LogP contribution in [0.5, 0.6) is 11.5 Å². The van der Waals surface area contributed by atoms with E-state index in [9.17, 15) is 4.79 Å². The van der Waals surface area contributed by atoms with Crippen LogP contribution in [0.4, 0.5) is 0 Å². The molecule has 1 saturated heterocycles. The van der Waals surface area contributed by atoms with Gasteiger partial charge in [-0.2, -0.15) is 5.10 Å². The standard InChI is InChI=1S/C21H28N4O3/c1-16-17(14-22-23(16)2)5-8-21(26)25-11-9-24(10-12-25)15-18-13-19(27-3)6-7-20(18)28-4/h5-8,13-14H,9-12,15H2,1-4H3/b8-5+. The molecule has 7 nitrogen and oxygen atoms in total. The predicted molar refractivity (Wildman–Crippen MR) is 108 cm³/mol. The summed E-state index contributed by atoms with van der Waals surface area (Å²) in [4.78, 5) is 16.7.